The number of nitrogen functional groups attached to an aromatic ring is 1. The first-order chi connectivity index (χ1) is 11.7. The van der Waals surface area contributed by atoms with Gasteiger partial charge in [-0.25, -0.2) is 0 Å². The van der Waals surface area contributed by atoms with E-state index in [2.05, 4.69) is 10.6 Å². The van der Waals surface area contributed by atoms with E-state index in [-0.39, 0.29) is 35.1 Å². The number of nitrogens with one attached hydrogen (secondary N) is 2. The molecule has 1 atom stereocenters. The molecule has 0 saturated carbocycles. The van der Waals surface area contributed by atoms with Gasteiger partial charge in [0.05, 0.1) is 23.4 Å². The van der Waals surface area contributed by atoms with Gasteiger partial charge in [-0.15, -0.1) is 0 Å². The maximum Gasteiger partial charge on any atom is 0.405 e. The van der Waals surface area contributed by atoms with Crippen LogP contribution < -0.4 is 21.1 Å². The second kappa shape index (κ2) is 8.11. The van der Waals surface area contributed by atoms with E-state index in [1.807, 2.05) is 0 Å². The van der Waals surface area contributed by atoms with E-state index >= 15 is 0 Å². The minimum Gasteiger partial charge on any atom is -0.496 e. The number of nitrogens with zero attached hydrogens (tertiary/aromatic N) is 1. The lowest BCUT2D eigenvalue weighted by Crippen LogP contribution is -2.57. The maximum atomic E-state index is 13.3. The van der Waals surface area contributed by atoms with Gasteiger partial charge in [-0.3, -0.25) is 9.69 Å². The monoisotopic (exact) mass is 380 g/mol. The Balaban J connectivity index is 2.12. The fourth-order valence-corrected chi connectivity index (χ4v) is 2.81. The van der Waals surface area contributed by atoms with Crippen molar-refractivity contribution in [3.63, 3.8) is 0 Å². The number of benzene rings is 1. The smallest absolute Gasteiger partial charge is 0.405 e. The van der Waals surface area contributed by atoms with E-state index < -0.39 is 24.7 Å². The number of halogens is 4. The van der Waals surface area contributed by atoms with Crippen molar-refractivity contribution in [1.82, 2.24) is 15.5 Å². The predicted octanol–water partition coefficient (Wildman–Crippen LogP) is 1.50. The zero-order valence-corrected chi connectivity index (χ0v) is 14.4. The number of amides is 1. The van der Waals surface area contributed by atoms with Crippen molar-refractivity contribution in [1.29, 1.82) is 0 Å². The summed E-state index contributed by atoms with van der Waals surface area (Å²) in [6.45, 7) is 0.908. The molecule has 2 rings (SSSR count). The number of ether oxygens (including phenoxy) is 1. The molecule has 0 aliphatic carbocycles. The molecule has 10 heteroatoms. The number of alkyl halides is 3. The topological polar surface area (TPSA) is 79.6 Å². The van der Waals surface area contributed by atoms with Gasteiger partial charge in [0.15, 0.2) is 0 Å². The quantitative estimate of drug-likeness (QED) is 0.675. The highest BCUT2D eigenvalue weighted by Crippen LogP contribution is 2.29. The van der Waals surface area contributed by atoms with E-state index in [0.717, 1.165) is 0 Å². The van der Waals surface area contributed by atoms with E-state index in [4.69, 9.17) is 22.1 Å². The van der Waals surface area contributed by atoms with Gasteiger partial charge in [0.1, 0.15) is 11.8 Å². The summed E-state index contributed by atoms with van der Waals surface area (Å²) in [5, 5.41) is 5.45. The van der Waals surface area contributed by atoms with Gasteiger partial charge in [-0.1, -0.05) is 11.6 Å². The third kappa shape index (κ3) is 4.90. The molecule has 1 aliphatic rings. The molecule has 1 saturated heterocycles. The molecule has 4 N–H and O–H groups in total. The van der Waals surface area contributed by atoms with E-state index in [1.165, 1.54) is 24.1 Å². The van der Waals surface area contributed by atoms with Crippen molar-refractivity contribution in [3.05, 3.63) is 22.7 Å². The highest BCUT2D eigenvalue weighted by molar-refractivity contribution is 6.33. The van der Waals surface area contributed by atoms with Crippen molar-refractivity contribution in [2.45, 2.75) is 12.2 Å². The number of carbonyl (C=O) groups is 1. The number of hydrogen-bond donors (Lipinski definition) is 3. The van der Waals surface area contributed by atoms with Crippen LogP contribution in [0.15, 0.2) is 12.1 Å². The molecule has 1 aliphatic heterocycles. The number of rotatable bonds is 5. The minimum absolute atomic E-state index is 0.0305. The van der Waals surface area contributed by atoms with Crippen molar-refractivity contribution < 1.29 is 22.7 Å². The summed E-state index contributed by atoms with van der Waals surface area (Å²) in [4.78, 5) is 13.6. The minimum atomic E-state index is -4.45. The lowest BCUT2D eigenvalue weighted by Gasteiger charge is -2.35. The first-order valence-corrected chi connectivity index (χ1v) is 8.04. The number of piperazine rings is 1. The molecule has 0 aromatic heterocycles. The Hall–Kier alpha value is -1.71. The second-order valence-electron chi connectivity index (χ2n) is 5.63. The number of hydrogen-bond acceptors (Lipinski definition) is 5. The molecule has 0 bridgehead atoms. The van der Waals surface area contributed by atoms with E-state index in [1.54, 1.807) is 0 Å². The number of anilines is 1. The van der Waals surface area contributed by atoms with Crippen molar-refractivity contribution in [2.75, 3.05) is 45.6 Å². The first-order valence-electron chi connectivity index (χ1n) is 7.66. The molecule has 6 nitrogen and oxygen atoms in total. The standard InChI is InChI=1S/C15H20ClF3N4O2/c1-25-12-7-11(20)10(16)6-9(12)14(24)22-8-13(15(17,18)19)23-4-2-21-3-5-23/h6-7,13,21H,2-5,8,20H2,1H3,(H,22,24). The molecular weight excluding hydrogens is 361 g/mol. The van der Waals surface area contributed by atoms with Crippen LogP contribution in [0.25, 0.3) is 0 Å². The van der Waals surface area contributed by atoms with Crippen LogP contribution in [0.5, 0.6) is 5.75 Å². The number of methoxy groups -OCH3 is 1. The van der Waals surface area contributed by atoms with Crippen LogP contribution in [0.3, 0.4) is 0 Å². The van der Waals surface area contributed by atoms with E-state index in [0.29, 0.717) is 13.1 Å². The summed E-state index contributed by atoms with van der Waals surface area (Å²) in [6.07, 6.45) is -4.45. The average Bonchev–Trinajstić information content (AvgIpc) is 2.56. The van der Waals surface area contributed by atoms with Crippen LogP contribution in [-0.2, 0) is 0 Å². The zero-order valence-electron chi connectivity index (χ0n) is 13.6. The third-order valence-corrected chi connectivity index (χ3v) is 4.32. The van der Waals surface area contributed by atoms with Gasteiger partial charge >= 0.3 is 6.18 Å². The van der Waals surface area contributed by atoms with Crippen LogP contribution >= 0.6 is 11.6 Å². The lowest BCUT2D eigenvalue weighted by atomic mass is 10.1. The maximum absolute atomic E-state index is 13.3. The van der Waals surface area contributed by atoms with Gasteiger partial charge in [0, 0.05) is 38.8 Å². The van der Waals surface area contributed by atoms with Gasteiger partial charge in [-0.05, 0) is 6.07 Å². The summed E-state index contributed by atoms with van der Waals surface area (Å²) in [6, 6.07) is 0.876. The molecule has 25 heavy (non-hydrogen) atoms. The molecule has 1 aromatic carbocycles. The van der Waals surface area contributed by atoms with E-state index in [9.17, 15) is 18.0 Å². The van der Waals surface area contributed by atoms with Crippen LogP contribution in [0.2, 0.25) is 5.02 Å². The molecule has 0 spiro atoms. The number of carbonyl (C=O) groups excluding carboxylic acids is 1. The largest absolute Gasteiger partial charge is 0.496 e. The molecule has 1 unspecified atom stereocenters. The Bertz CT molecular complexity index is 622. The Morgan fingerprint density at radius 3 is 2.64 bits per heavy atom. The highest BCUT2D eigenvalue weighted by atomic mass is 35.5. The summed E-state index contributed by atoms with van der Waals surface area (Å²) in [5.74, 6) is -0.562. The molecular formula is C15H20ClF3N4O2. The van der Waals surface area contributed by atoms with Gasteiger partial charge in [0.25, 0.3) is 5.91 Å². The van der Waals surface area contributed by atoms with Crippen molar-refractivity contribution in [2.24, 2.45) is 0 Å². The highest BCUT2D eigenvalue weighted by Gasteiger charge is 2.43. The average molecular weight is 381 g/mol. The normalized spacial score (nSPS) is 17.2. The van der Waals surface area contributed by atoms with Gasteiger partial charge in [0.2, 0.25) is 0 Å². The Kier molecular flexibility index (Phi) is 6.36. The third-order valence-electron chi connectivity index (χ3n) is 3.99. The predicted molar refractivity (Wildman–Crippen MR) is 89.0 cm³/mol. The first kappa shape index (κ1) is 19.6. The molecule has 1 amide bonds. The van der Waals surface area contributed by atoms with Crippen LogP contribution in [0.1, 0.15) is 10.4 Å². The zero-order chi connectivity index (χ0) is 18.6. The summed E-state index contributed by atoms with van der Waals surface area (Å²) < 4.78 is 45.1. The van der Waals surface area contributed by atoms with Gasteiger partial charge < -0.3 is 21.1 Å². The summed E-state index contributed by atoms with van der Waals surface area (Å²) in [7, 11) is 1.33. The molecule has 1 heterocycles. The summed E-state index contributed by atoms with van der Waals surface area (Å²) >= 11 is 5.89. The Morgan fingerprint density at radius 1 is 1.44 bits per heavy atom. The van der Waals surface area contributed by atoms with Crippen LogP contribution in [-0.4, -0.2) is 62.9 Å². The molecule has 1 aromatic rings. The van der Waals surface area contributed by atoms with Crippen molar-refractivity contribution in [3.8, 4) is 5.75 Å². The second-order valence-corrected chi connectivity index (χ2v) is 6.03. The fourth-order valence-electron chi connectivity index (χ4n) is 2.65. The Labute approximate surface area is 148 Å². The molecule has 1 fully saturated rings. The summed E-state index contributed by atoms with van der Waals surface area (Å²) in [5.41, 5.74) is 5.88. The van der Waals surface area contributed by atoms with Gasteiger partial charge in [-0.2, -0.15) is 13.2 Å². The van der Waals surface area contributed by atoms with Crippen LogP contribution in [0.4, 0.5) is 18.9 Å². The molecule has 140 valence electrons. The lowest BCUT2D eigenvalue weighted by molar-refractivity contribution is -0.183. The van der Waals surface area contributed by atoms with Crippen molar-refractivity contribution >= 4 is 23.2 Å². The fraction of sp³-hybridized carbons (Fsp3) is 0.533. The number of nitrogens with two attached hydrogens (primary N) is 1. The SMILES string of the molecule is COc1cc(N)c(Cl)cc1C(=O)NCC(N1CCNCC1)C(F)(F)F. The Morgan fingerprint density at radius 2 is 2.08 bits per heavy atom. The molecule has 0 radical (unpaired) electrons. The van der Waals surface area contributed by atoms with Crippen LogP contribution in [0, 0.1) is 0 Å².